The summed E-state index contributed by atoms with van der Waals surface area (Å²) in [6, 6.07) is 15.4. The zero-order valence-electron chi connectivity index (χ0n) is 21.3. The van der Waals surface area contributed by atoms with Gasteiger partial charge in [-0.3, -0.25) is 0 Å². The molecular formula is C26H34AlLiN4O3. The molecule has 0 atom stereocenters. The molecule has 0 amide bonds. The minimum Gasteiger partial charge on any atom is -1.00 e. The standard InChI is InChI=1S/C14H16N2O2.C12H14N2O.Al.Li.4H/c1-3-18-14(17)13-6-4-12(5-7-13)10-16-9-8-15-11(16)2;1-10-13-6-7-14(10)8-11-2-4-12(9-15)5-3-11;;;;;;/h4-9H,3,10H2,1-2H3;2-7,15H,8-9H2,1H3;;;;;;/q;;;+1;;;;-1. The second-order valence-electron chi connectivity index (χ2n) is 7.60. The average Bonchev–Trinajstić information content (AvgIpc) is 3.43. The molecule has 7 nitrogen and oxygen atoms in total. The molecule has 0 bridgehead atoms. The van der Waals surface area contributed by atoms with Crippen LogP contribution in [0.5, 0.6) is 0 Å². The smallest absolute Gasteiger partial charge is 1.00 e. The van der Waals surface area contributed by atoms with Crippen LogP contribution in [0.4, 0.5) is 0 Å². The molecule has 0 unspecified atom stereocenters. The summed E-state index contributed by atoms with van der Waals surface area (Å²) in [6.45, 7) is 7.84. The van der Waals surface area contributed by atoms with Crippen molar-refractivity contribution in [2.75, 3.05) is 6.61 Å². The van der Waals surface area contributed by atoms with Crippen LogP contribution in [0, 0.1) is 13.8 Å². The van der Waals surface area contributed by atoms with E-state index in [0.29, 0.717) is 12.2 Å². The molecule has 0 fully saturated rings. The number of benzene rings is 2. The van der Waals surface area contributed by atoms with E-state index in [-0.39, 0.29) is 50.2 Å². The average molecular weight is 485 g/mol. The summed E-state index contributed by atoms with van der Waals surface area (Å²) in [4.78, 5) is 19.8. The number of aryl methyl sites for hydroxylation is 2. The van der Waals surface area contributed by atoms with Gasteiger partial charge < -0.3 is 20.4 Å². The summed E-state index contributed by atoms with van der Waals surface area (Å²) in [5.41, 5.74) is 3.88. The number of carbonyl (C=O) groups excluding carboxylic acids is 1. The van der Waals surface area contributed by atoms with E-state index in [0.717, 1.165) is 35.9 Å². The van der Waals surface area contributed by atoms with Crippen LogP contribution >= 0.6 is 0 Å². The van der Waals surface area contributed by atoms with Gasteiger partial charge in [0.05, 0.1) is 18.8 Å². The van der Waals surface area contributed by atoms with Crippen molar-refractivity contribution < 1.29 is 34.9 Å². The summed E-state index contributed by atoms with van der Waals surface area (Å²) >= 11 is 0. The number of imidazole rings is 2. The molecule has 35 heavy (non-hydrogen) atoms. The third kappa shape index (κ3) is 9.18. The molecule has 9 heteroatoms. The molecule has 0 aliphatic rings. The molecule has 0 aliphatic heterocycles. The molecule has 0 saturated carbocycles. The van der Waals surface area contributed by atoms with Crippen LogP contribution in [0.25, 0.3) is 0 Å². The van der Waals surface area contributed by atoms with Gasteiger partial charge in [-0.1, -0.05) is 36.4 Å². The first-order valence-electron chi connectivity index (χ1n) is 10.9. The SMILES string of the molecule is CCOC(=O)c1ccc(Cn2ccnc2C)cc1.Cc1nccn1Cc1ccc(CO)cc1.[AlH3].[H-].[Li+]. The Kier molecular flexibility index (Phi) is 13.4. The molecular weight excluding hydrogens is 450 g/mol. The Hall–Kier alpha value is -2.58. The van der Waals surface area contributed by atoms with Crippen molar-refractivity contribution in [3.8, 4) is 0 Å². The van der Waals surface area contributed by atoms with Gasteiger partial charge in [0.15, 0.2) is 17.4 Å². The first-order chi connectivity index (χ1) is 16.0. The number of esters is 1. The quantitative estimate of drug-likeness (QED) is 0.297. The van der Waals surface area contributed by atoms with Gasteiger partial charge in [-0.05, 0) is 49.6 Å². The van der Waals surface area contributed by atoms with Crippen LogP contribution in [0.15, 0.2) is 73.3 Å². The Morgan fingerprint density at radius 2 is 1.29 bits per heavy atom. The molecule has 0 aliphatic carbocycles. The van der Waals surface area contributed by atoms with Crippen LogP contribution in [0.3, 0.4) is 0 Å². The second-order valence-corrected chi connectivity index (χ2v) is 7.60. The third-order valence-electron chi connectivity index (χ3n) is 5.22. The first-order valence-corrected chi connectivity index (χ1v) is 10.9. The van der Waals surface area contributed by atoms with Crippen LogP contribution in [-0.2, 0) is 24.4 Å². The third-order valence-corrected chi connectivity index (χ3v) is 5.22. The van der Waals surface area contributed by atoms with Crippen molar-refractivity contribution >= 4 is 23.3 Å². The zero-order valence-corrected chi connectivity index (χ0v) is 20.3. The van der Waals surface area contributed by atoms with E-state index >= 15 is 0 Å². The largest absolute Gasteiger partial charge is 1.00 e. The molecule has 4 rings (SSSR count). The van der Waals surface area contributed by atoms with Crippen LogP contribution in [-0.4, -0.2) is 54.1 Å². The van der Waals surface area contributed by atoms with Crippen molar-refractivity contribution in [3.05, 3.63) is 107 Å². The fourth-order valence-electron chi connectivity index (χ4n) is 3.25. The predicted octanol–water partition coefficient (Wildman–Crippen LogP) is 0.0812. The fraction of sp³-hybridized carbons (Fsp3) is 0.269. The fourth-order valence-corrected chi connectivity index (χ4v) is 3.25. The Labute approximate surface area is 231 Å². The number of nitrogens with zero attached hydrogens (tertiary/aromatic N) is 4. The number of rotatable bonds is 7. The normalized spacial score (nSPS) is 9.83. The molecule has 2 aromatic carbocycles. The van der Waals surface area contributed by atoms with E-state index in [4.69, 9.17) is 9.84 Å². The maximum absolute atomic E-state index is 11.5. The number of hydrogen-bond acceptors (Lipinski definition) is 5. The van der Waals surface area contributed by atoms with Crippen molar-refractivity contribution in [2.45, 2.75) is 40.5 Å². The van der Waals surface area contributed by atoms with Crippen molar-refractivity contribution in [1.29, 1.82) is 0 Å². The topological polar surface area (TPSA) is 82.2 Å². The molecule has 180 valence electrons. The number of aromatic nitrogens is 4. The van der Waals surface area contributed by atoms with Crippen LogP contribution in [0.1, 0.15) is 47.0 Å². The van der Waals surface area contributed by atoms with Gasteiger partial charge >= 0.3 is 24.8 Å². The molecule has 2 heterocycles. The maximum atomic E-state index is 11.5. The first kappa shape index (κ1) is 30.5. The van der Waals surface area contributed by atoms with Crippen LogP contribution < -0.4 is 18.9 Å². The molecule has 2 aromatic heterocycles. The van der Waals surface area contributed by atoms with Gasteiger partial charge in [-0.25, -0.2) is 14.8 Å². The number of carbonyl (C=O) groups is 1. The maximum Gasteiger partial charge on any atom is 1.00 e. The van der Waals surface area contributed by atoms with E-state index in [1.807, 2.05) is 62.6 Å². The van der Waals surface area contributed by atoms with Crippen LogP contribution in [0.2, 0.25) is 0 Å². The van der Waals surface area contributed by atoms with E-state index in [1.165, 1.54) is 5.56 Å². The Bertz CT molecular complexity index is 1160. The predicted molar refractivity (Wildman–Crippen MR) is 138 cm³/mol. The number of aliphatic hydroxyl groups excluding tert-OH is 1. The molecule has 0 spiro atoms. The molecule has 1 N–H and O–H groups in total. The summed E-state index contributed by atoms with van der Waals surface area (Å²) in [7, 11) is 0. The molecule has 4 aromatic rings. The number of hydrogen-bond donors (Lipinski definition) is 1. The Morgan fingerprint density at radius 3 is 1.66 bits per heavy atom. The number of ether oxygens (including phenoxy) is 1. The van der Waals surface area contributed by atoms with Gasteiger partial charge in [0.25, 0.3) is 0 Å². The summed E-state index contributed by atoms with van der Waals surface area (Å²) in [6.07, 6.45) is 7.49. The van der Waals surface area contributed by atoms with E-state index < -0.39 is 0 Å². The minimum absolute atomic E-state index is 0. The number of aliphatic hydroxyl groups is 1. The monoisotopic (exact) mass is 484 g/mol. The second kappa shape index (κ2) is 15.4. The summed E-state index contributed by atoms with van der Waals surface area (Å²) in [5.74, 6) is 1.72. The molecule has 0 radical (unpaired) electrons. The van der Waals surface area contributed by atoms with Crippen molar-refractivity contribution in [3.63, 3.8) is 0 Å². The summed E-state index contributed by atoms with van der Waals surface area (Å²) < 4.78 is 9.08. The van der Waals surface area contributed by atoms with E-state index in [9.17, 15) is 4.79 Å². The Balaban J connectivity index is 0.000000636. The van der Waals surface area contributed by atoms with Crippen molar-refractivity contribution in [1.82, 2.24) is 19.1 Å². The van der Waals surface area contributed by atoms with E-state index in [1.54, 1.807) is 31.5 Å². The minimum atomic E-state index is -0.275. The zero-order chi connectivity index (χ0) is 23.6. The Morgan fingerprint density at radius 1 is 0.857 bits per heavy atom. The van der Waals surface area contributed by atoms with Gasteiger partial charge in [0, 0.05) is 37.9 Å². The van der Waals surface area contributed by atoms with Gasteiger partial charge in [-0.2, -0.15) is 0 Å². The molecule has 0 saturated heterocycles. The van der Waals surface area contributed by atoms with Crippen molar-refractivity contribution in [2.24, 2.45) is 0 Å². The van der Waals surface area contributed by atoms with Gasteiger partial charge in [-0.15, -0.1) is 0 Å². The van der Waals surface area contributed by atoms with Gasteiger partial charge in [0.1, 0.15) is 11.6 Å². The summed E-state index contributed by atoms with van der Waals surface area (Å²) in [5, 5.41) is 8.91. The van der Waals surface area contributed by atoms with Gasteiger partial charge in [0.2, 0.25) is 0 Å². The van der Waals surface area contributed by atoms with E-state index in [2.05, 4.69) is 19.1 Å².